The summed E-state index contributed by atoms with van der Waals surface area (Å²) in [5, 5.41) is 0. The van der Waals surface area contributed by atoms with Crippen LogP contribution in [0.25, 0.3) is 11.1 Å². The van der Waals surface area contributed by atoms with E-state index in [1.165, 1.54) is 17.7 Å². The smallest absolute Gasteiger partial charge is 0.408 e. The second-order valence-electron chi connectivity index (χ2n) is 4.02. The van der Waals surface area contributed by atoms with Crippen LogP contribution in [0.5, 0.6) is 0 Å². The number of nitrogens with zero attached hydrogens (tertiary/aromatic N) is 1. The van der Waals surface area contributed by atoms with Gasteiger partial charge in [0.05, 0.1) is 23.6 Å². The zero-order valence-corrected chi connectivity index (χ0v) is 11.4. The van der Waals surface area contributed by atoms with Crippen molar-refractivity contribution in [1.29, 1.82) is 0 Å². The second kappa shape index (κ2) is 5.06. The molecular formula is C11H14N2O5S. The second-order valence-corrected chi connectivity index (χ2v) is 5.87. The van der Waals surface area contributed by atoms with E-state index in [-0.39, 0.29) is 12.4 Å². The van der Waals surface area contributed by atoms with Crippen LogP contribution in [0, 0.1) is 0 Å². The molecule has 0 aliphatic rings. The Labute approximate surface area is 109 Å². The van der Waals surface area contributed by atoms with Crippen LogP contribution in [-0.4, -0.2) is 32.5 Å². The van der Waals surface area contributed by atoms with E-state index in [9.17, 15) is 13.2 Å². The highest BCUT2D eigenvalue weighted by molar-refractivity contribution is 7.92. The van der Waals surface area contributed by atoms with E-state index in [1.807, 2.05) is 0 Å². The molecule has 0 spiro atoms. The number of oxazole rings is 1. The minimum atomic E-state index is -3.47. The fourth-order valence-corrected chi connectivity index (χ4v) is 2.60. The summed E-state index contributed by atoms with van der Waals surface area (Å²) in [7, 11) is -0.460. The molecule has 0 saturated heterocycles. The van der Waals surface area contributed by atoms with Gasteiger partial charge in [-0.15, -0.1) is 0 Å². The first-order valence-corrected chi connectivity index (χ1v) is 7.17. The summed E-state index contributed by atoms with van der Waals surface area (Å²) in [6.07, 6.45) is 0. The lowest BCUT2D eigenvalue weighted by Gasteiger charge is -2.07. The number of fused-ring (bicyclic) bond motifs is 1. The number of anilines is 1. The molecule has 19 heavy (non-hydrogen) atoms. The number of benzene rings is 1. The van der Waals surface area contributed by atoms with Crippen LogP contribution < -0.4 is 10.5 Å². The van der Waals surface area contributed by atoms with Gasteiger partial charge in [-0.2, -0.15) is 0 Å². The van der Waals surface area contributed by atoms with E-state index in [4.69, 9.17) is 9.15 Å². The van der Waals surface area contributed by atoms with Gasteiger partial charge >= 0.3 is 5.76 Å². The summed E-state index contributed by atoms with van der Waals surface area (Å²) >= 11 is 0. The van der Waals surface area contributed by atoms with E-state index in [0.717, 1.165) is 0 Å². The van der Waals surface area contributed by atoms with Gasteiger partial charge in [0.2, 0.25) is 10.0 Å². The summed E-state index contributed by atoms with van der Waals surface area (Å²) in [6, 6.07) is 4.66. The fraction of sp³-hybridized carbons (Fsp3) is 0.364. The van der Waals surface area contributed by atoms with Crippen LogP contribution in [0.15, 0.2) is 27.4 Å². The summed E-state index contributed by atoms with van der Waals surface area (Å²) in [6.45, 7) is 0.109. The van der Waals surface area contributed by atoms with Crippen molar-refractivity contribution >= 4 is 26.8 Å². The molecule has 1 heterocycles. The lowest BCUT2D eigenvalue weighted by atomic mass is 10.3. The molecule has 2 rings (SSSR count). The zero-order valence-electron chi connectivity index (χ0n) is 10.5. The minimum absolute atomic E-state index is 0.109. The fourth-order valence-electron chi connectivity index (χ4n) is 1.62. The van der Waals surface area contributed by atoms with Gasteiger partial charge in [-0.1, -0.05) is 0 Å². The first-order chi connectivity index (χ1) is 8.93. The van der Waals surface area contributed by atoms with Gasteiger partial charge in [0, 0.05) is 20.2 Å². The molecule has 1 aromatic heterocycles. The number of rotatable bonds is 5. The molecule has 0 bridgehead atoms. The summed E-state index contributed by atoms with van der Waals surface area (Å²) in [5.41, 5.74) is 1.28. The molecule has 0 fully saturated rings. The number of sulfonamides is 1. The van der Waals surface area contributed by atoms with Gasteiger partial charge in [-0.05, 0) is 12.1 Å². The molecule has 0 radical (unpaired) electrons. The van der Waals surface area contributed by atoms with Crippen molar-refractivity contribution < 1.29 is 17.6 Å². The number of methoxy groups -OCH3 is 1. The number of aromatic nitrogens is 1. The Morgan fingerprint density at radius 1 is 1.42 bits per heavy atom. The van der Waals surface area contributed by atoms with Crippen molar-refractivity contribution in [3.05, 3.63) is 28.7 Å². The zero-order chi connectivity index (χ0) is 14.0. The third-order valence-electron chi connectivity index (χ3n) is 2.62. The van der Waals surface area contributed by atoms with E-state index in [0.29, 0.717) is 16.8 Å². The van der Waals surface area contributed by atoms with Crippen LogP contribution in [0.1, 0.15) is 0 Å². The van der Waals surface area contributed by atoms with Crippen LogP contribution >= 0.6 is 0 Å². The Morgan fingerprint density at radius 3 is 2.84 bits per heavy atom. The van der Waals surface area contributed by atoms with Crippen molar-refractivity contribution in [1.82, 2.24) is 4.57 Å². The van der Waals surface area contributed by atoms with Crippen LogP contribution in [-0.2, 0) is 21.8 Å². The maximum absolute atomic E-state index is 11.7. The van der Waals surface area contributed by atoms with E-state index < -0.39 is 15.8 Å². The van der Waals surface area contributed by atoms with E-state index in [1.54, 1.807) is 19.2 Å². The third kappa shape index (κ3) is 2.96. The molecule has 1 N–H and O–H groups in total. The van der Waals surface area contributed by atoms with Gasteiger partial charge in [-0.3, -0.25) is 9.29 Å². The number of aryl methyl sites for hydroxylation is 1. The Balaban J connectivity index is 2.29. The first-order valence-electron chi connectivity index (χ1n) is 5.52. The van der Waals surface area contributed by atoms with Crippen molar-refractivity contribution in [2.75, 3.05) is 24.2 Å². The molecule has 104 valence electrons. The Bertz CT molecular complexity index is 744. The quantitative estimate of drug-likeness (QED) is 0.865. The number of ether oxygens (including phenoxy) is 1. The van der Waals surface area contributed by atoms with Crippen LogP contribution in [0.4, 0.5) is 5.69 Å². The normalized spacial score (nSPS) is 11.9. The Hall–Kier alpha value is -1.80. The predicted octanol–water partition coefficient (Wildman–Crippen LogP) is 0.520. The molecule has 1 aromatic carbocycles. The molecule has 8 heteroatoms. The van der Waals surface area contributed by atoms with Crippen LogP contribution in [0.3, 0.4) is 0 Å². The third-order valence-corrected chi connectivity index (χ3v) is 3.87. The average Bonchev–Trinajstić information content (AvgIpc) is 2.62. The van der Waals surface area contributed by atoms with Gasteiger partial charge in [0.25, 0.3) is 0 Å². The molecule has 0 amide bonds. The average molecular weight is 286 g/mol. The number of hydrogen-bond donors (Lipinski definition) is 1. The highest BCUT2D eigenvalue weighted by Crippen LogP contribution is 2.18. The SMILES string of the molecule is COCCS(=O)(=O)Nc1ccc2c(c1)oc(=O)n2C. The summed E-state index contributed by atoms with van der Waals surface area (Å²) in [5.74, 6) is -0.630. The maximum atomic E-state index is 11.7. The summed E-state index contributed by atoms with van der Waals surface area (Å²) < 4.78 is 36.8. The van der Waals surface area contributed by atoms with Gasteiger partial charge in [0.1, 0.15) is 0 Å². The van der Waals surface area contributed by atoms with Gasteiger partial charge in [0.15, 0.2) is 5.58 Å². The molecule has 0 aliphatic carbocycles. The topological polar surface area (TPSA) is 90.5 Å². The largest absolute Gasteiger partial charge is 0.419 e. The highest BCUT2D eigenvalue weighted by Gasteiger charge is 2.12. The number of hydrogen-bond acceptors (Lipinski definition) is 5. The van der Waals surface area contributed by atoms with Crippen molar-refractivity contribution in [2.24, 2.45) is 7.05 Å². The van der Waals surface area contributed by atoms with Gasteiger partial charge < -0.3 is 9.15 Å². The van der Waals surface area contributed by atoms with Gasteiger partial charge in [-0.25, -0.2) is 13.2 Å². The molecular weight excluding hydrogens is 272 g/mol. The number of nitrogens with one attached hydrogen (secondary N) is 1. The standard InChI is InChI=1S/C11H14N2O5S/c1-13-9-4-3-8(7-10(9)18-11(13)14)12-19(15,16)6-5-17-2/h3-4,7,12H,5-6H2,1-2H3. The summed E-state index contributed by atoms with van der Waals surface area (Å²) in [4.78, 5) is 11.3. The van der Waals surface area contributed by atoms with E-state index >= 15 is 0 Å². The molecule has 0 unspecified atom stereocenters. The maximum Gasteiger partial charge on any atom is 0.419 e. The van der Waals surface area contributed by atoms with Crippen molar-refractivity contribution in [2.45, 2.75) is 0 Å². The molecule has 2 aromatic rings. The van der Waals surface area contributed by atoms with Crippen molar-refractivity contribution in [3.63, 3.8) is 0 Å². The monoisotopic (exact) mass is 286 g/mol. The molecule has 7 nitrogen and oxygen atoms in total. The molecule has 0 saturated carbocycles. The Morgan fingerprint density at radius 2 is 2.16 bits per heavy atom. The molecule has 0 atom stereocenters. The van der Waals surface area contributed by atoms with E-state index in [2.05, 4.69) is 4.72 Å². The first kappa shape index (κ1) is 13.6. The lowest BCUT2D eigenvalue weighted by molar-refractivity contribution is 0.217. The molecule has 0 aliphatic heterocycles. The minimum Gasteiger partial charge on any atom is -0.408 e. The predicted molar refractivity (Wildman–Crippen MR) is 70.7 cm³/mol. The lowest BCUT2D eigenvalue weighted by Crippen LogP contribution is -2.19. The van der Waals surface area contributed by atoms with Crippen LogP contribution in [0.2, 0.25) is 0 Å². The van der Waals surface area contributed by atoms with Crippen molar-refractivity contribution in [3.8, 4) is 0 Å². The highest BCUT2D eigenvalue weighted by atomic mass is 32.2. The Kier molecular flexibility index (Phi) is 3.63.